The Bertz CT molecular complexity index is 524. The van der Waals surface area contributed by atoms with Crippen LogP contribution in [0.25, 0.3) is 0 Å². The normalized spacial score (nSPS) is 17.0. The molecule has 5 heteroatoms. The Kier molecular flexibility index (Phi) is 4.40. The summed E-state index contributed by atoms with van der Waals surface area (Å²) in [5.41, 5.74) is 0.0532. The van der Waals surface area contributed by atoms with E-state index in [1.54, 1.807) is 33.8 Å². The van der Waals surface area contributed by atoms with E-state index in [1.807, 2.05) is 16.8 Å². The molecule has 0 aromatic carbocycles. The molecule has 0 bridgehead atoms. The maximum atomic E-state index is 12.3. The number of hydrogen-bond acceptors (Lipinski definition) is 3. The molecule has 1 heterocycles. The van der Waals surface area contributed by atoms with Crippen LogP contribution in [0.4, 0.5) is 0 Å². The zero-order valence-electron chi connectivity index (χ0n) is 13.2. The van der Waals surface area contributed by atoms with Gasteiger partial charge < -0.3 is 14.6 Å². The van der Waals surface area contributed by atoms with E-state index in [2.05, 4.69) is 5.32 Å². The van der Waals surface area contributed by atoms with Gasteiger partial charge in [-0.15, -0.1) is 0 Å². The molecule has 1 aliphatic carbocycles. The number of ether oxygens (including phenoxy) is 1. The minimum atomic E-state index is -0.665. The van der Waals surface area contributed by atoms with Gasteiger partial charge in [-0.05, 0) is 59.1 Å². The van der Waals surface area contributed by atoms with Gasteiger partial charge in [-0.25, -0.2) is 4.79 Å². The lowest BCUT2D eigenvalue weighted by molar-refractivity contribution is -0.156. The summed E-state index contributed by atoms with van der Waals surface area (Å²) in [4.78, 5) is 24.2. The van der Waals surface area contributed by atoms with Crippen molar-refractivity contribution < 1.29 is 14.3 Å². The van der Waals surface area contributed by atoms with Gasteiger partial charge in [-0.3, -0.25) is 4.79 Å². The number of carbonyl (C=O) groups excluding carboxylic acids is 2. The molecule has 0 aliphatic heterocycles. The third kappa shape index (κ3) is 3.86. The molecule has 0 unspecified atom stereocenters. The van der Waals surface area contributed by atoms with Crippen molar-refractivity contribution >= 4 is 11.9 Å². The minimum absolute atomic E-state index is 0.231. The molecule has 1 atom stereocenters. The smallest absolute Gasteiger partial charge is 0.328 e. The maximum absolute atomic E-state index is 12.3. The summed E-state index contributed by atoms with van der Waals surface area (Å²) >= 11 is 0. The molecule has 1 amide bonds. The van der Waals surface area contributed by atoms with Gasteiger partial charge in [0, 0.05) is 12.2 Å². The summed E-state index contributed by atoms with van der Waals surface area (Å²) in [6.07, 6.45) is 5.35. The van der Waals surface area contributed by atoms with E-state index >= 15 is 0 Å². The van der Waals surface area contributed by atoms with Gasteiger partial charge in [-0.2, -0.15) is 0 Å². The van der Waals surface area contributed by atoms with Gasteiger partial charge >= 0.3 is 5.97 Å². The van der Waals surface area contributed by atoms with E-state index in [0.717, 1.165) is 12.8 Å². The van der Waals surface area contributed by atoms with E-state index < -0.39 is 17.6 Å². The average Bonchev–Trinajstić information content (AvgIpc) is 2.73. The van der Waals surface area contributed by atoms with Gasteiger partial charge in [0.1, 0.15) is 17.3 Å². The Morgan fingerprint density at radius 2 is 2.05 bits per heavy atom. The second kappa shape index (κ2) is 5.92. The van der Waals surface area contributed by atoms with Gasteiger partial charge in [-0.1, -0.05) is 0 Å². The molecular formula is C16H24N2O3. The quantitative estimate of drug-likeness (QED) is 0.868. The van der Waals surface area contributed by atoms with Crippen LogP contribution < -0.4 is 5.32 Å². The van der Waals surface area contributed by atoms with Crippen molar-refractivity contribution in [2.24, 2.45) is 0 Å². The van der Waals surface area contributed by atoms with Gasteiger partial charge in [0.15, 0.2) is 0 Å². The van der Waals surface area contributed by atoms with Crippen molar-refractivity contribution in [3.63, 3.8) is 0 Å². The summed E-state index contributed by atoms with van der Waals surface area (Å²) in [7, 11) is 0. The van der Waals surface area contributed by atoms with Crippen LogP contribution in [0.5, 0.6) is 0 Å². The van der Waals surface area contributed by atoms with Crippen LogP contribution in [0.3, 0.4) is 0 Å². The number of esters is 1. The first-order valence-electron chi connectivity index (χ1n) is 7.48. The molecule has 1 aromatic rings. The van der Waals surface area contributed by atoms with Crippen molar-refractivity contribution in [1.29, 1.82) is 0 Å². The fourth-order valence-corrected chi connectivity index (χ4v) is 2.29. The van der Waals surface area contributed by atoms with Crippen molar-refractivity contribution in [2.75, 3.05) is 0 Å². The number of amides is 1. The Balaban J connectivity index is 1.98. The molecule has 1 N–H and O–H groups in total. The zero-order chi connectivity index (χ0) is 15.6. The van der Waals surface area contributed by atoms with Crippen molar-refractivity contribution in [3.8, 4) is 0 Å². The van der Waals surface area contributed by atoms with Gasteiger partial charge in [0.05, 0.1) is 0 Å². The number of nitrogens with zero attached hydrogens (tertiary/aromatic N) is 1. The average molecular weight is 292 g/mol. The van der Waals surface area contributed by atoms with E-state index in [0.29, 0.717) is 11.7 Å². The highest BCUT2D eigenvalue weighted by molar-refractivity contribution is 5.95. The van der Waals surface area contributed by atoms with E-state index in [-0.39, 0.29) is 5.91 Å². The molecular weight excluding hydrogens is 268 g/mol. The Labute approximate surface area is 125 Å². The monoisotopic (exact) mass is 292 g/mol. The number of rotatable bonds is 4. The lowest BCUT2D eigenvalue weighted by Crippen LogP contribution is -2.43. The molecule has 2 rings (SSSR count). The van der Waals surface area contributed by atoms with Crippen LogP contribution in [-0.2, 0) is 9.53 Å². The molecule has 21 heavy (non-hydrogen) atoms. The van der Waals surface area contributed by atoms with Crippen LogP contribution in [0.15, 0.2) is 18.3 Å². The molecule has 1 aromatic heterocycles. The first-order chi connectivity index (χ1) is 9.78. The van der Waals surface area contributed by atoms with Gasteiger partial charge in [0.2, 0.25) is 0 Å². The van der Waals surface area contributed by atoms with E-state index in [1.165, 1.54) is 6.42 Å². The Morgan fingerprint density at radius 1 is 1.38 bits per heavy atom. The molecule has 0 saturated heterocycles. The highest BCUT2D eigenvalue weighted by Gasteiger charge is 2.26. The summed E-state index contributed by atoms with van der Waals surface area (Å²) in [5.74, 6) is -0.650. The summed E-state index contributed by atoms with van der Waals surface area (Å²) < 4.78 is 7.27. The lowest BCUT2D eigenvalue weighted by Gasteiger charge is -2.29. The second-order valence-corrected chi connectivity index (χ2v) is 6.61. The van der Waals surface area contributed by atoms with Crippen LogP contribution in [0.2, 0.25) is 0 Å². The van der Waals surface area contributed by atoms with Crippen LogP contribution in [0, 0.1) is 0 Å². The number of aromatic nitrogens is 1. The summed E-state index contributed by atoms with van der Waals surface area (Å²) in [6, 6.07) is 3.40. The number of carbonyl (C=O) groups is 2. The molecule has 1 aliphatic rings. The maximum Gasteiger partial charge on any atom is 0.328 e. The number of hydrogen-bond donors (Lipinski definition) is 1. The SMILES string of the molecule is C[C@@H](NC(=O)c1cccn1C1CCC1)C(=O)OC(C)(C)C. The third-order valence-electron chi connectivity index (χ3n) is 3.59. The fourth-order valence-electron chi connectivity index (χ4n) is 2.29. The summed E-state index contributed by atoms with van der Waals surface area (Å²) in [5, 5.41) is 2.71. The Hall–Kier alpha value is -1.78. The molecule has 1 saturated carbocycles. The topological polar surface area (TPSA) is 60.3 Å². The second-order valence-electron chi connectivity index (χ2n) is 6.61. The predicted octanol–water partition coefficient (Wildman–Crippen LogP) is 2.67. The lowest BCUT2D eigenvalue weighted by atomic mass is 9.93. The third-order valence-corrected chi connectivity index (χ3v) is 3.59. The highest BCUT2D eigenvalue weighted by Crippen LogP contribution is 2.32. The first kappa shape index (κ1) is 15.6. The van der Waals surface area contributed by atoms with E-state index in [9.17, 15) is 9.59 Å². The Morgan fingerprint density at radius 3 is 2.57 bits per heavy atom. The highest BCUT2D eigenvalue weighted by atomic mass is 16.6. The van der Waals surface area contributed by atoms with Crippen molar-refractivity contribution in [1.82, 2.24) is 9.88 Å². The molecule has 0 radical (unpaired) electrons. The molecule has 1 fully saturated rings. The van der Waals surface area contributed by atoms with Gasteiger partial charge in [0.25, 0.3) is 5.91 Å². The largest absolute Gasteiger partial charge is 0.458 e. The number of nitrogens with one attached hydrogen (secondary N) is 1. The standard InChI is InChI=1S/C16H24N2O3/c1-11(15(20)21-16(2,3)4)17-14(19)13-9-6-10-18(13)12-7-5-8-12/h6,9-12H,5,7-8H2,1-4H3,(H,17,19)/t11-/m1/s1. The van der Waals surface area contributed by atoms with Crippen LogP contribution in [-0.4, -0.2) is 28.1 Å². The first-order valence-corrected chi connectivity index (χ1v) is 7.48. The van der Waals surface area contributed by atoms with Crippen LogP contribution in [0.1, 0.15) is 63.5 Å². The predicted molar refractivity (Wildman–Crippen MR) is 80.1 cm³/mol. The zero-order valence-corrected chi connectivity index (χ0v) is 13.2. The van der Waals surface area contributed by atoms with E-state index in [4.69, 9.17) is 4.74 Å². The molecule has 116 valence electrons. The van der Waals surface area contributed by atoms with Crippen molar-refractivity contribution in [3.05, 3.63) is 24.0 Å². The summed E-state index contributed by atoms with van der Waals surface area (Å²) in [6.45, 7) is 7.06. The molecule has 0 spiro atoms. The molecule has 5 nitrogen and oxygen atoms in total. The fraction of sp³-hybridized carbons (Fsp3) is 0.625. The minimum Gasteiger partial charge on any atom is -0.458 e. The van der Waals surface area contributed by atoms with Crippen molar-refractivity contribution in [2.45, 2.75) is 64.6 Å². The van der Waals surface area contributed by atoms with Crippen LogP contribution >= 0.6 is 0 Å².